The van der Waals surface area contributed by atoms with Gasteiger partial charge in [-0.1, -0.05) is 39.7 Å². The number of halogens is 2. The minimum atomic E-state index is -0.0371. The van der Waals surface area contributed by atoms with E-state index in [0.717, 1.165) is 10.9 Å². The summed E-state index contributed by atoms with van der Waals surface area (Å²) < 4.78 is 11.5. The van der Waals surface area contributed by atoms with Gasteiger partial charge in [-0.05, 0) is 36.1 Å². The van der Waals surface area contributed by atoms with Crippen molar-refractivity contribution in [3.8, 4) is 11.5 Å². The Morgan fingerprint density at radius 1 is 1.21 bits per heavy atom. The highest BCUT2D eigenvalue weighted by atomic mass is 79.9. The molecule has 1 saturated carbocycles. The molecule has 0 bridgehead atoms. The fourth-order valence-corrected chi connectivity index (χ4v) is 3.43. The molecule has 0 heterocycles. The molecule has 0 radical (unpaired) electrons. The lowest BCUT2D eigenvalue weighted by molar-refractivity contribution is -0.117. The molecule has 3 rings (SSSR count). The zero-order valence-electron chi connectivity index (χ0n) is 13.3. The molecule has 24 heavy (non-hydrogen) atoms. The van der Waals surface area contributed by atoms with Gasteiger partial charge in [0.15, 0.2) is 0 Å². The molecule has 1 N–H and O–H groups in total. The lowest BCUT2D eigenvalue weighted by Crippen LogP contribution is -2.15. The van der Waals surface area contributed by atoms with E-state index >= 15 is 0 Å². The second-order valence-electron chi connectivity index (χ2n) is 5.68. The summed E-state index contributed by atoms with van der Waals surface area (Å²) in [5.41, 5.74) is 1.72. The van der Waals surface area contributed by atoms with Crippen molar-refractivity contribution in [2.45, 2.75) is 12.3 Å². The van der Waals surface area contributed by atoms with Crippen molar-refractivity contribution in [3.63, 3.8) is 0 Å². The molecule has 0 spiro atoms. The molecule has 0 saturated heterocycles. The van der Waals surface area contributed by atoms with Crippen LogP contribution < -0.4 is 14.8 Å². The maximum absolute atomic E-state index is 12.5. The molecular weight excluding hydrogens is 394 g/mol. The van der Waals surface area contributed by atoms with Crippen LogP contribution in [0.2, 0.25) is 5.02 Å². The summed E-state index contributed by atoms with van der Waals surface area (Å²) in [6.45, 7) is 0. The number of rotatable bonds is 5. The Labute approximate surface area is 154 Å². The molecule has 1 amide bonds. The number of carbonyl (C=O) groups excluding carboxylic acids is 1. The summed E-state index contributed by atoms with van der Waals surface area (Å²) >= 11 is 9.61. The van der Waals surface area contributed by atoms with Crippen molar-refractivity contribution in [3.05, 3.63) is 51.5 Å². The molecule has 1 fully saturated rings. The van der Waals surface area contributed by atoms with Crippen LogP contribution in [0.3, 0.4) is 0 Å². The summed E-state index contributed by atoms with van der Waals surface area (Å²) in [7, 11) is 3.07. The van der Waals surface area contributed by atoms with Crippen molar-refractivity contribution < 1.29 is 14.3 Å². The monoisotopic (exact) mass is 409 g/mol. The standard InChI is InChI=1S/C18H17BrClNO3/c1-23-16-9-17(24-2)15(8-14(16)20)21-18(22)13-7-12(13)10-4-3-5-11(19)6-10/h3-6,8-9,12-13H,7H2,1-2H3,(H,21,22). The Bertz CT molecular complexity index is 781. The molecule has 2 atom stereocenters. The fraction of sp³-hybridized carbons (Fsp3) is 0.278. The summed E-state index contributed by atoms with van der Waals surface area (Å²) in [5.74, 6) is 1.21. The molecule has 6 heteroatoms. The first-order valence-corrected chi connectivity index (χ1v) is 8.68. The number of methoxy groups -OCH3 is 2. The molecule has 2 unspecified atom stereocenters. The van der Waals surface area contributed by atoms with Gasteiger partial charge in [-0.15, -0.1) is 0 Å². The molecule has 0 aliphatic heterocycles. The van der Waals surface area contributed by atoms with Crippen LogP contribution >= 0.6 is 27.5 Å². The average molecular weight is 411 g/mol. The topological polar surface area (TPSA) is 47.6 Å². The minimum absolute atomic E-state index is 0.0282. The largest absolute Gasteiger partial charge is 0.495 e. The second-order valence-corrected chi connectivity index (χ2v) is 7.00. The summed E-state index contributed by atoms with van der Waals surface area (Å²) in [4.78, 5) is 12.5. The van der Waals surface area contributed by atoms with Crippen molar-refractivity contribution in [2.24, 2.45) is 5.92 Å². The third-order valence-corrected chi connectivity index (χ3v) is 4.92. The van der Waals surface area contributed by atoms with E-state index in [1.165, 1.54) is 12.7 Å². The minimum Gasteiger partial charge on any atom is -0.495 e. The maximum atomic E-state index is 12.5. The summed E-state index contributed by atoms with van der Waals surface area (Å²) in [5, 5.41) is 3.34. The van der Waals surface area contributed by atoms with Crippen molar-refractivity contribution in [1.82, 2.24) is 0 Å². The Kier molecular flexibility index (Phi) is 5.01. The lowest BCUT2D eigenvalue weighted by Gasteiger charge is -2.13. The van der Waals surface area contributed by atoms with Crippen LogP contribution in [0.25, 0.3) is 0 Å². The zero-order chi connectivity index (χ0) is 17.3. The quantitative estimate of drug-likeness (QED) is 0.765. The van der Waals surface area contributed by atoms with Crippen LogP contribution in [-0.2, 0) is 4.79 Å². The molecule has 2 aromatic carbocycles. The molecule has 1 aliphatic rings. The molecular formula is C18H17BrClNO3. The van der Waals surface area contributed by atoms with Gasteiger partial charge < -0.3 is 14.8 Å². The number of nitrogens with one attached hydrogen (secondary N) is 1. The molecule has 1 aliphatic carbocycles. The van der Waals surface area contributed by atoms with Crippen molar-refractivity contribution in [1.29, 1.82) is 0 Å². The number of hydrogen-bond donors (Lipinski definition) is 1. The first kappa shape index (κ1) is 17.1. The van der Waals surface area contributed by atoms with E-state index in [2.05, 4.69) is 27.3 Å². The number of carbonyl (C=O) groups is 1. The van der Waals surface area contributed by atoms with Gasteiger partial charge in [0.05, 0.1) is 24.9 Å². The predicted molar refractivity (Wildman–Crippen MR) is 98.2 cm³/mol. The van der Waals surface area contributed by atoms with Crippen LogP contribution in [0.4, 0.5) is 5.69 Å². The van der Waals surface area contributed by atoms with E-state index in [1.54, 1.807) is 19.2 Å². The van der Waals surface area contributed by atoms with Gasteiger partial charge in [-0.3, -0.25) is 4.79 Å². The molecule has 126 valence electrons. The van der Waals surface area contributed by atoms with E-state index < -0.39 is 0 Å². The third kappa shape index (κ3) is 3.52. The highest BCUT2D eigenvalue weighted by Gasteiger charge is 2.44. The van der Waals surface area contributed by atoms with E-state index in [0.29, 0.717) is 22.2 Å². The van der Waals surface area contributed by atoms with Gasteiger partial charge >= 0.3 is 0 Å². The van der Waals surface area contributed by atoms with Gasteiger partial charge in [-0.25, -0.2) is 0 Å². The van der Waals surface area contributed by atoms with Gasteiger partial charge in [-0.2, -0.15) is 0 Å². The van der Waals surface area contributed by atoms with E-state index in [9.17, 15) is 4.79 Å². The Morgan fingerprint density at radius 3 is 2.62 bits per heavy atom. The van der Waals surface area contributed by atoms with Gasteiger partial charge in [0.2, 0.25) is 5.91 Å². The Morgan fingerprint density at radius 2 is 1.96 bits per heavy atom. The fourth-order valence-electron chi connectivity index (χ4n) is 2.77. The predicted octanol–water partition coefficient (Wildman–Crippen LogP) is 4.86. The smallest absolute Gasteiger partial charge is 0.228 e. The molecule has 4 nitrogen and oxygen atoms in total. The lowest BCUT2D eigenvalue weighted by atomic mass is 10.1. The van der Waals surface area contributed by atoms with Gasteiger partial charge in [0.25, 0.3) is 0 Å². The van der Waals surface area contributed by atoms with Crippen LogP contribution in [0.1, 0.15) is 17.9 Å². The third-order valence-electron chi connectivity index (χ3n) is 4.14. The highest BCUT2D eigenvalue weighted by molar-refractivity contribution is 9.10. The summed E-state index contributed by atoms with van der Waals surface area (Å²) in [6, 6.07) is 11.4. The van der Waals surface area contributed by atoms with E-state index in [4.69, 9.17) is 21.1 Å². The van der Waals surface area contributed by atoms with E-state index in [1.807, 2.05) is 18.2 Å². The van der Waals surface area contributed by atoms with Crippen molar-refractivity contribution >= 4 is 39.1 Å². The number of hydrogen-bond acceptors (Lipinski definition) is 3. The number of anilines is 1. The normalized spacial score (nSPS) is 18.8. The second kappa shape index (κ2) is 7.03. The summed E-state index contributed by atoms with van der Waals surface area (Å²) in [6.07, 6.45) is 0.842. The van der Waals surface area contributed by atoms with Crippen molar-refractivity contribution in [2.75, 3.05) is 19.5 Å². The van der Waals surface area contributed by atoms with Crippen LogP contribution in [-0.4, -0.2) is 20.1 Å². The number of benzene rings is 2. The zero-order valence-corrected chi connectivity index (χ0v) is 15.6. The van der Waals surface area contributed by atoms with Gasteiger partial charge in [0, 0.05) is 16.5 Å². The van der Waals surface area contributed by atoms with Crippen LogP contribution in [0, 0.1) is 5.92 Å². The number of ether oxygens (including phenoxy) is 2. The number of amides is 1. The van der Waals surface area contributed by atoms with Crippen LogP contribution in [0.15, 0.2) is 40.9 Å². The highest BCUT2D eigenvalue weighted by Crippen LogP contribution is 2.49. The van der Waals surface area contributed by atoms with Crippen LogP contribution in [0.5, 0.6) is 11.5 Å². The first-order chi connectivity index (χ1) is 11.5. The SMILES string of the molecule is COc1cc(OC)c(NC(=O)C2CC2c2cccc(Br)c2)cc1Cl. The Balaban J connectivity index is 1.73. The average Bonchev–Trinajstić information content (AvgIpc) is 3.36. The van der Waals surface area contributed by atoms with E-state index in [-0.39, 0.29) is 17.7 Å². The molecule has 0 aromatic heterocycles. The first-order valence-electron chi connectivity index (χ1n) is 7.51. The maximum Gasteiger partial charge on any atom is 0.228 e. The molecule has 2 aromatic rings. The van der Waals surface area contributed by atoms with Gasteiger partial charge in [0.1, 0.15) is 11.5 Å². The Hall–Kier alpha value is -1.72.